The van der Waals surface area contributed by atoms with Gasteiger partial charge in [-0.05, 0) is 88.0 Å². The highest BCUT2D eigenvalue weighted by atomic mass is 16.6. The van der Waals surface area contributed by atoms with E-state index in [0.29, 0.717) is 37.3 Å². The van der Waals surface area contributed by atoms with Gasteiger partial charge in [0, 0.05) is 6.54 Å². The van der Waals surface area contributed by atoms with Gasteiger partial charge in [0.1, 0.15) is 35.1 Å². The number of hydrogen-bond donors (Lipinski definition) is 7. The number of carbonyl (C=O) groups excluding carboxylic acids is 6. The van der Waals surface area contributed by atoms with Gasteiger partial charge in [0.15, 0.2) is 17.5 Å². The Morgan fingerprint density at radius 3 is 1.55 bits per heavy atom. The van der Waals surface area contributed by atoms with Crippen molar-refractivity contribution in [2.24, 2.45) is 0 Å². The third-order valence-electron chi connectivity index (χ3n) is 8.10. The molecule has 0 bridgehead atoms. The van der Waals surface area contributed by atoms with E-state index in [-0.39, 0.29) is 26.2 Å². The van der Waals surface area contributed by atoms with Gasteiger partial charge in [-0.3, -0.25) is 14.5 Å². The molecule has 4 amide bonds. The maximum absolute atomic E-state index is 11.6. The number of β-amino-alcohol motifs (C(OH)–C–C–N with tert-alkyl or cyclic N) is 3. The zero-order chi connectivity index (χ0) is 43.6. The van der Waals surface area contributed by atoms with Gasteiger partial charge in [-0.25, -0.2) is 24.1 Å². The maximum Gasteiger partial charge on any atom is 0.417 e. The van der Waals surface area contributed by atoms with Gasteiger partial charge >= 0.3 is 24.2 Å². The van der Waals surface area contributed by atoms with Crippen LogP contribution < -0.4 is 0 Å². The number of carbonyl (C=O) groups is 6. The predicted molar refractivity (Wildman–Crippen MR) is 195 cm³/mol. The maximum atomic E-state index is 11.6. The average Bonchev–Trinajstić information content (AvgIpc) is 3.32. The molecule has 4 aliphatic rings. The van der Waals surface area contributed by atoms with Gasteiger partial charge in [-0.15, -0.1) is 0 Å². The molecule has 0 aliphatic carbocycles. The number of Topliss-reactive ketones (excluding diaryl/α,β-unsaturated/α-hetero) is 1. The molecule has 324 valence electrons. The average molecular weight is 810 g/mol. The second-order valence-corrected chi connectivity index (χ2v) is 16.8. The predicted octanol–water partition coefficient (Wildman–Crippen LogP) is -0.173. The van der Waals surface area contributed by atoms with Crippen LogP contribution in [0.25, 0.3) is 0 Å². The fourth-order valence-corrected chi connectivity index (χ4v) is 5.03. The molecule has 0 saturated carbocycles. The number of aliphatic hydroxyl groups is 7. The number of likely N-dealkylation sites (tertiary alicyclic amines) is 3. The Morgan fingerprint density at radius 2 is 1.16 bits per heavy atom. The van der Waals surface area contributed by atoms with E-state index in [0.717, 1.165) is 11.3 Å². The lowest BCUT2D eigenvalue weighted by Gasteiger charge is -2.34. The van der Waals surface area contributed by atoms with E-state index in [2.05, 4.69) is 0 Å². The van der Waals surface area contributed by atoms with Gasteiger partial charge in [-0.1, -0.05) is 6.92 Å². The lowest BCUT2D eigenvalue weighted by Crippen LogP contribution is -2.55. The van der Waals surface area contributed by atoms with Gasteiger partial charge in [0.05, 0.1) is 45.0 Å². The molecule has 20 nitrogen and oxygen atoms in total. The van der Waals surface area contributed by atoms with Crippen LogP contribution in [0.4, 0.5) is 14.4 Å². The summed E-state index contributed by atoms with van der Waals surface area (Å²) in [5.74, 6) is -1.86. The van der Waals surface area contributed by atoms with Gasteiger partial charge in [-0.2, -0.15) is 0 Å². The molecule has 0 aromatic carbocycles. The zero-order valence-corrected chi connectivity index (χ0v) is 34.1. The van der Waals surface area contributed by atoms with Crippen molar-refractivity contribution in [3.63, 3.8) is 0 Å². The molecule has 4 aliphatic heterocycles. The third kappa shape index (κ3) is 16.8. The first-order valence-corrected chi connectivity index (χ1v) is 18.4. The van der Waals surface area contributed by atoms with Crippen molar-refractivity contribution in [1.82, 2.24) is 14.7 Å². The van der Waals surface area contributed by atoms with E-state index >= 15 is 0 Å². The Bertz CT molecular complexity index is 1360. The van der Waals surface area contributed by atoms with Crippen LogP contribution in [-0.4, -0.2) is 185 Å². The van der Waals surface area contributed by atoms with E-state index in [4.69, 9.17) is 29.2 Å². The second-order valence-electron chi connectivity index (χ2n) is 16.8. The number of rotatable bonds is 1. The molecule has 4 saturated heterocycles. The summed E-state index contributed by atoms with van der Waals surface area (Å²) < 4.78 is 19.8. The summed E-state index contributed by atoms with van der Waals surface area (Å²) in [6, 6.07) is 0. The van der Waals surface area contributed by atoms with Crippen LogP contribution in [0.1, 0.15) is 94.9 Å². The molecule has 4 rings (SSSR count). The van der Waals surface area contributed by atoms with Crippen molar-refractivity contribution < 1.29 is 83.5 Å². The minimum Gasteiger partial charge on any atom is -0.464 e. The number of piperidine rings is 2. The molecule has 7 N–H and O–H groups in total. The normalized spacial score (nSPS) is 28.3. The molecule has 0 spiro atoms. The summed E-state index contributed by atoms with van der Waals surface area (Å²) >= 11 is 0. The molecule has 0 radical (unpaired) electrons. The largest absolute Gasteiger partial charge is 0.464 e. The van der Waals surface area contributed by atoms with Crippen molar-refractivity contribution in [1.29, 1.82) is 0 Å². The number of nitrogens with zero attached hydrogens (tertiary/aromatic N) is 3. The van der Waals surface area contributed by atoms with Crippen LogP contribution >= 0.6 is 0 Å². The number of esters is 1. The van der Waals surface area contributed by atoms with E-state index in [1.54, 1.807) is 69.2 Å². The van der Waals surface area contributed by atoms with Crippen molar-refractivity contribution in [3.8, 4) is 0 Å². The molecule has 4 heterocycles. The monoisotopic (exact) mass is 809 g/mol. The quantitative estimate of drug-likeness (QED) is 0.134. The summed E-state index contributed by atoms with van der Waals surface area (Å²) in [4.78, 5) is 71.1. The summed E-state index contributed by atoms with van der Waals surface area (Å²) in [6.45, 7) is 17.8. The summed E-state index contributed by atoms with van der Waals surface area (Å²) in [5.41, 5.74) is -3.08. The number of ketones is 1. The van der Waals surface area contributed by atoms with E-state index in [9.17, 15) is 54.3 Å². The number of amides is 4. The highest BCUT2D eigenvalue weighted by Gasteiger charge is 2.43. The minimum atomic E-state index is -1.53. The van der Waals surface area contributed by atoms with Crippen LogP contribution in [0.3, 0.4) is 0 Å². The highest BCUT2D eigenvalue weighted by Crippen LogP contribution is 2.23. The van der Waals surface area contributed by atoms with E-state index in [1.807, 2.05) is 0 Å². The van der Waals surface area contributed by atoms with E-state index < -0.39 is 95.0 Å². The smallest absolute Gasteiger partial charge is 0.417 e. The van der Waals surface area contributed by atoms with Gasteiger partial charge in [0.2, 0.25) is 0 Å². The number of imide groups is 1. The summed E-state index contributed by atoms with van der Waals surface area (Å²) in [6.07, 6.45) is -6.79. The zero-order valence-electron chi connectivity index (χ0n) is 34.1. The topological polar surface area (TPSA) is 291 Å². The number of ether oxygens (including phenoxy) is 4. The third-order valence-corrected chi connectivity index (χ3v) is 8.10. The van der Waals surface area contributed by atoms with Crippen molar-refractivity contribution in [2.75, 3.05) is 39.3 Å². The fraction of sp³-hybridized carbons (Fsp3) is 0.833. The van der Waals surface area contributed by atoms with Crippen LogP contribution in [0.5, 0.6) is 0 Å². The lowest BCUT2D eigenvalue weighted by molar-refractivity contribution is -0.173. The summed E-state index contributed by atoms with van der Waals surface area (Å²) in [5, 5.41) is 65.0. The minimum absolute atomic E-state index is 0.0954. The standard InChI is InChI=1S/C10H17NO5.C10H19NO4.C9H15NO5.C7H12O3/c1-10(2,3)16-9(15)11-4-6(12)8(14)7(13)5-11;1-10(2,3)15-9(14)11-5-4-7(12)8(13)6-11;1-9(2,3)15-8(14)10-4-5(11)6(12)7(10)13;1-2-7(9)4-3-5-10-6(7)8/h6,8,12,14H,4-5H2,1-3H3;7-8,12-13H,4-6H2,1-3H3;5-6,11-12H,4H2,1-3H3;9H,2-5H2,1H3/t6-,8-;7-,8+;5-,6-;7-/m0101/s1. The van der Waals surface area contributed by atoms with Crippen LogP contribution in [-0.2, 0) is 33.3 Å². The highest BCUT2D eigenvalue weighted by molar-refractivity contribution is 5.96. The van der Waals surface area contributed by atoms with Crippen molar-refractivity contribution in [2.45, 2.75) is 154 Å². The second kappa shape index (κ2) is 20.7. The first-order valence-electron chi connectivity index (χ1n) is 18.4. The van der Waals surface area contributed by atoms with Gasteiger partial charge < -0.3 is 59.6 Å². The Hall–Kier alpha value is -3.66. The molecule has 0 aromatic rings. The lowest BCUT2D eigenvalue weighted by atomic mass is 9.93. The molecule has 0 unspecified atom stereocenters. The Morgan fingerprint density at radius 1 is 0.696 bits per heavy atom. The molecule has 56 heavy (non-hydrogen) atoms. The van der Waals surface area contributed by atoms with E-state index in [1.165, 1.54) is 4.90 Å². The number of hydrogen-bond acceptors (Lipinski definition) is 17. The molecular weight excluding hydrogens is 746 g/mol. The molecule has 4 fully saturated rings. The first-order chi connectivity index (χ1) is 25.4. The Balaban J connectivity index is 0.000000378. The van der Waals surface area contributed by atoms with Crippen molar-refractivity contribution in [3.05, 3.63) is 0 Å². The first kappa shape index (κ1) is 50.4. The molecule has 0 aromatic heterocycles. The fourth-order valence-electron chi connectivity index (χ4n) is 5.03. The SMILES string of the molecule is CC(C)(C)OC(=O)N1CC(=O)[C@@H](O)[C@@H](O)C1.CC(C)(C)OC(=O)N1CC[C@@H](O)[C@@H](O)C1.CC(C)(C)OC(=O)N1C[C@H](O)[C@H](O)C1=O.CC[C@@]1(O)CCCOC1=O. The van der Waals surface area contributed by atoms with Crippen LogP contribution in [0, 0.1) is 0 Å². The Kier molecular flexibility index (Phi) is 18.6. The Labute approximate surface area is 327 Å². The molecule has 7 atom stereocenters. The van der Waals surface area contributed by atoms with Crippen molar-refractivity contribution >= 4 is 35.9 Å². The van der Waals surface area contributed by atoms with Crippen LogP contribution in [0.2, 0.25) is 0 Å². The van der Waals surface area contributed by atoms with Crippen LogP contribution in [0.15, 0.2) is 0 Å². The molecular formula is C36H63N3O17. The molecule has 20 heteroatoms. The van der Waals surface area contributed by atoms with Gasteiger partial charge in [0.25, 0.3) is 5.91 Å². The number of aliphatic hydroxyl groups excluding tert-OH is 6. The number of cyclic esters (lactones) is 1. The summed E-state index contributed by atoms with van der Waals surface area (Å²) in [7, 11) is 0.